The number of morpholine rings is 1. The van der Waals surface area contributed by atoms with Gasteiger partial charge in [0.1, 0.15) is 11.9 Å². The van der Waals surface area contributed by atoms with Crippen LogP contribution < -0.4 is 0 Å². The number of aromatic nitrogens is 4. The molecule has 1 saturated heterocycles. The summed E-state index contributed by atoms with van der Waals surface area (Å²) in [6.45, 7) is 6.77. The van der Waals surface area contributed by atoms with Gasteiger partial charge in [-0.2, -0.15) is 5.10 Å². The number of ether oxygens (including phenoxy) is 1. The second-order valence-electron chi connectivity index (χ2n) is 5.71. The van der Waals surface area contributed by atoms with Crippen molar-refractivity contribution in [1.82, 2.24) is 25.1 Å². The van der Waals surface area contributed by atoms with Crippen molar-refractivity contribution in [3.05, 3.63) is 41.7 Å². The maximum Gasteiger partial charge on any atom is 0.180 e. The summed E-state index contributed by atoms with van der Waals surface area (Å²) >= 11 is 0. The summed E-state index contributed by atoms with van der Waals surface area (Å²) in [6, 6.07) is 4.42. The van der Waals surface area contributed by atoms with E-state index in [1.165, 1.54) is 5.56 Å². The fourth-order valence-electron chi connectivity index (χ4n) is 2.81. The van der Waals surface area contributed by atoms with E-state index in [0.717, 1.165) is 37.6 Å². The number of nitrogens with one attached hydrogen (secondary N) is 1. The number of nitrogens with zero attached hydrogens (tertiary/aromatic N) is 4. The molecule has 6 nitrogen and oxygen atoms in total. The lowest BCUT2D eigenvalue weighted by Crippen LogP contribution is -2.40. The Hall–Kier alpha value is -1.79. The number of aromatic amines is 1. The molecule has 2 atom stereocenters. The third-order valence-corrected chi connectivity index (χ3v) is 4.14. The van der Waals surface area contributed by atoms with Crippen molar-refractivity contribution < 1.29 is 4.74 Å². The molecule has 1 N–H and O–H groups in total. The van der Waals surface area contributed by atoms with Crippen LogP contribution in [0.2, 0.25) is 0 Å². The molecule has 0 aromatic carbocycles. The van der Waals surface area contributed by atoms with Crippen molar-refractivity contribution in [2.75, 3.05) is 19.7 Å². The Morgan fingerprint density at radius 2 is 2.41 bits per heavy atom. The molecule has 0 radical (unpaired) electrons. The lowest BCUT2D eigenvalue weighted by molar-refractivity contribution is -0.0470. The smallest absolute Gasteiger partial charge is 0.180 e. The summed E-state index contributed by atoms with van der Waals surface area (Å²) in [4.78, 5) is 11.2. The van der Waals surface area contributed by atoms with Gasteiger partial charge in [0.25, 0.3) is 0 Å². The molecule has 1 fully saturated rings. The normalized spacial score (nSPS) is 20.9. The maximum atomic E-state index is 5.87. The minimum absolute atomic E-state index is 0.0604. The lowest BCUT2D eigenvalue weighted by Gasteiger charge is -2.35. The highest BCUT2D eigenvalue weighted by Crippen LogP contribution is 2.26. The van der Waals surface area contributed by atoms with Gasteiger partial charge in [0.2, 0.25) is 0 Å². The predicted octanol–water partition coefficient (Wildman–Crippen LogP) is 2.29. The van der Waals surface area contributed by atoms with E-state index in [0.29, 0.717) is 12.6 Å². The molecule has 22 heavy (non-hydrogen) atoms. The van der Waals surface area contributed by atoms with E-state index < -0.39 is 0 Å². The molecule has 3 rings (SSSR count). The monoisotopic (exact) mass is 301 g/mol. The van der Waals surface area contributed by atoms with Crippen molar-refractivity contribution in [3.63, 3.8) is 0 Å². The largest absolute Gasteiger partial charge is 0.367 e. The molecule has 0 saturated carbocycles. The van der Waals surface area contributed by atoms with Gasteiger partial charge in [-0.1, -0.05) is 13.0 Å². The van der Waals surface area contributed by atoms with Crippen molar-refractivity contribution in [2.45, 2.75) is 38.8 Å². The third kappa shape index (κ3) is 3.34. The highest BCUT2D eigenvalue weighted by atomic mass is 16.5. The molecular weight excluding hydrogens is 278 g/mol. The molecule has 0 amide bonds. The van der Waals surface area contributed by atoms with E-state index in [4.69, 9.17) is 4.74 Å². The average Bonchev–Trinajstić information content (AvgIpc) is 3.04. The summed E-state index contributed by atoms with van der Waals surface area (Å²) in [5.74, 6) is 1.71. The van der Waals surface area contributed by atoms with E-state index in [9.17, 15) is 0 Å². The molecule has 118 valence electrons. The number of hydrogen-bond acceptors (Lipinski definition) is 5. The van der Waals surface area contributed by atoms with Gasteiger partial charge in [0, 0.05) is 37.9 Å². The SMILES string of the molecule is CCCc1nc([C@@H]2CN([C@@H](C)c3cccnc3)CCO2)n[nH]1. The average molecular weight is 301 g/mol. The van der Waals surface area contributed by atoms with E-state index in [2.05, 4.69) is 45.0 Å². The Balaban J connectivity index is 1.68. The topological polar surface area (TPSA) is 66.9 Å². The number of aryl methyl sites for hydroxylation is 1. The first kappa shape index (κ1) is 15.1. The van der Waals surface area contributed by atoms with Crippen LogP contribution in [-0.2, 0) is 11.2 Å². The first-order valence-corrected chi connectivity index (χ1v) is 7.94. The van der Waals surface area contributed by atoms with Crippen LogP contribution in [0, 0.1) is 0 Å². The van der Waals surface area contributed by atoms with Gasteiger partial charge < -0.3 is 4.74 Å². The van der Waals surface area contributed by atoms with Gasteiger partial charge >= 0.3 is 0 Å². The number of H-pyrrole nitrogens is 1. The number of pyridine rings is 1. The van der Waals surface area contributed by atoms with Crippen LogP contribution in [-0.4, -0.2) is 44.8 Å². The Labute approximate surface area is 130 Å². The number of hydrogen-bond donors (Lipinski definition) is 1. The highest BCUT2D eigenvalue weighted by Gasteiger charge is 2.28. The van der Waals surface area contributed by atoms with Crippen LogP contribution in [0.25, 0.3) is 0 Å². The molecule has 6 heteroatoms. The molecule has 0 aliphatic carbocycles. The van der Waals surface area contributed by atoms with Crippen LogP contribution in [0.5, 0.6) is 0 Å². The van der Waals surface area contributed by atoms with E-state index >= 15 is 0 Å². The van der Waals surface area contributed by atoms with Crippen LogP contribution in [0.3, 0.4) is 0 Å². The quantitative estimate of drug-likeness (QED) is 0.917. The van der Waals surface area contributed by atoms with Crippen LogP contribution in [0.1, 0.15) is 49.6 Å². The minimum Gasteiger partial charge on any atom is -0.367 e. The summed E-state index contributed by atoms with van der Waals surface area (Å²) in [5.41, 5.74) is 1.23. The van der Waals surface area contributed by atoms with Gasteiger partial charge in [-0.05, 0) is 25.0 Å². The van der Waals surface area contributed by atoms with E-state index in [1.54, 1.807) is 6.20 Å². The first-order chi connectivity index (χ1) is 10.8. The summed E-state index contributed by atoms with van der Waals surface area (Å²) in [5, 5.41) is 7.33. The molecule has 0 unspecified atom stereocenters. The van der Waals surface area contributed by atoms with Crippen molar-refractivity contribution in [3.8, 4) is 0 Å². The zero-order valence-corrected chi connectivity index (χ0v) is 13.2. The zero-order chi connectivity index (χ0) is 15.4. The Kier molecular flexibility index (Phi) is 4.80. The molecule has 0 spiro atoms. The summed E-state index contributed by atoms with van der Waals surface area (Å²) < 4.78 is 5.87. The first-order valence-electron chi connectivity index (χ1n) is 7.94. The predicted molar refractivity (Wildman–Crippen MR) is 83.3 cm³/mol. The number of rotatable bonds is 5. The van der Waals surface area contributed by atoms with Crippen LogP contribution in [0.4, 0.5) is 0 Å². The second kappa shape index (κ2) is 6.98. The van der Waals surface area contributed by atoms with E-state index in [1.807, 2.05) is 12.3 Å². The van der Waals surface area contributed by atoms with Gasteiger partial charge in [0.05, 0.1) is 6.61 Å². The molecule has 2 aromatic heterocycles. The standard InChI is InChI=1S/C16H23N5O/c1-3-5-15-18-16(20-19-15)14-11-21(8-9-22-14)12(2)13-6-4-7-17-10-13/h4,6-7,10,12,14H,3,5,8-9,11H2,1-2H3,(H,18,19,20)/t12-,14-/m0/s1. The van der Waals surface area contributed by atoms with Gasteiger partial charge in [-0.25, -0.2) is 4.98 Å². The van der Waals surface area contributed by atoms with Gasteiger partial charge in [-0.3, -0.25) is 15.0 Å². The fourth-order valence-corrected chi connectivity index (χ4v) is 2.81. The molecule has 3 heterocycles. The molecule has 1 aliphatic rings. The summed E-state index contributed by atoms with van der Waals surface area (Å²) in [6.07, 6.45) is 5.66. The van der Waals surface area contributed by atoms with E-state index in [-0.39, 0.29) is 6.10 Å². The Bertz CT molecular complexity index is 585. The summed E-state index contributed by atoms with van der Waals surface area (Å²) in [7, 11) is 0. The molecular formula is C16H23N5O. The second-order valence-corrected chi connectivity index (χ2v) is 5.71. The zero-order valence-electron chi connectivity index (χ0n) is 13.2. The third-order valence-electron chi connectivity index (χ3n) is 4.14. The van der Waals surface area contributed by atoms with Gasteiger partial charge in [-0.15, -0.1) is 0 Å². The maximum absolute atomic E-state index is 5.87. The lowest BCUT2D eigenvalue weighted by atomic mass is 10.1. The van der Waals surface area contributed by atoms with Gasteiger partial charge in [0.15, 0.2) is 5.82 Å². The van der Waals surface area contributed by atoms with Crippen LogP contribution >= 0.6 is 0 Å². The van der Waals surface area contributed by atoms with Crippen molar-refractivity contribution in [1.29, 1.82) is 0 Å². The minimum atomic E-state index is -0.0604. The van der Waals surface area contributed by atoms with Crippen molar-refractivity contribution >= 4 is 0 Å². The molecule has 1 aliphatic heterocycles. The molecule has 2 aromatic rings. The Morgan fingerprint density at radius 1 is 1.50 bits per heavy atom. The molecule has 0 bridgehead atoms. The van der Waals surface area contributed by atoms with Crippen molar-refractivity contribution in [2.24, 2.45) is 0 Å². The highest BCUT2D eigenvalue weighted by molar-refractivity contribution is 5.13. The fraction of sp³-hybridized carbons (Fsp3) is 0.562. The Morgan fingerprint density at radius 3 is 3.18 bits per heavy atom. The van der Waals surface area contributed by atoms with Crippen LogP contribution in [0.15, 0.2) is 24.5 Å².